The monoisotopic (exact) mass is 464 g/mol. The van der Waals surface area contributed by atoms with Gasteiger partial charge in [-0.25, -0.2) is 0 Å². The normalized spacial score (nSPS) is 14.2. The molecule has 5 heteroatoms. The van der Waals surface area contributed by atoms with Crippen LogP contribution in [-0.2, 0) is 34.0 Å². The van der Waals surface area contributed by atoms with Gasteiger partial charge in [-0.3, -0.25) is 0 Å². The van der Waals surface area contributed by atoms with Crippen LogP contribution >= 0.6 is 11.8 Å². The minimum atomic E-state index is -0.857. The summed E-state index contributed by atoms with van der Waals surface area (Å²) < 4.78 is 18.3. The molecule has 0 radical (unpaired) electrons. The van der Waals surface area contributed by atoms with E-state index in [0.29, 0.717) is 19.8 Å². The number of rotatable bonds is 14. The van der Waals surface area contributed by atoms with Crippen molar-refractivity contribution in [3.63, 3.8) is 0 Å². The maximum Gasteiger partial charge on any atom is 0.116 e. The Bertz CT molecular complexity index is 918. The van der Waals surface area contributed by atoms with Crippen LogP contribution in [0, 0.1) is 0 Å². The lowest BCUT2D eigenvalue weighted by Gasteiger charge is -2.29. The third-order valence-corrected chi connectivity index (χ3v) is 5.51. The zero-order valence-corrected chi connectivity index (χ0v) is 19.8. The predicted octanol–water partition coefficient (Wildman–Crippen LogP) is 5.61. The van der Waals surface area contributed by atoms with E-state index < -0.39 is 18.3 Å². The van der Waals surface area contributed by atoms with E-state index in [1.54, 1.807) is 11.8 Å². The maximum absolute atomic E-state index is 11.1. The van der Waals surface area contributed by atoms with Crippen molar-refractivity contribution in [2.75, 3.05) is 12.9 Å². The number of thioether (sulfide) groups is 1. The van der Waals surface area contributed by atoms with E-state index in [-0.39, 0.29) is 6.61 Å². The minimum Gasteiger partial charge on any atom is -0.388 e. The van der Waals surface area contributed by atoms with E-state index >= 15 is 0 Å². The second kappa shape index (κ2) is 14.7. The first-order valence-electron chi connectivity index (χ1n) is 11.1. The highest BCUT2D eigenvalue weighted by atomic mass is 32.2. The van der Waals surface area contributed by atoms with Gasteiger partial charge in [0, 0.05) is 0 Å². The summed E-state index contributed by atoms with van der Waals surface area (Å²) in [6.07, 6.45) is 2.06. The Morgan fingerprint density at radius 3 is 1.73 bits per heavy atom. The topological polar surface area (TPSA) is 47.9 Å². The molecule has 0 aliphatic carbocycles. The quantitative estimate of drug-likeness (QED) is 0.336. The summed E-state index contributed by atoms with van der Waals surface area (Å²) in [6.45, 7) is 1.37. The van der Waals surface area contributed by atoms with Crippen molar-refractivity contribution in [3.05, 3.63) is 119 Å². The molecule has 0 aromatic heterocycles. The molecule has 4 nitrogen and oxygen atoms in total. The lowest BCUT2D eigenvalue weighted by Crippen LogP contribution is -2.42. The largest absolute Gasteiger partial charge is 0.388 e. The van der Waals surface area contributed by atoms with Gasteiger partial charge < -0.3 is 19.3 Å². The van der Waals surface area contributed by atoms with Gasteiger partial charge in [-0.1, -0.05) is 91.0 Å². The van der Waals surface area contributed by atoms with Crippen molar-refractivity contribution < 1.29 is 19.3 Å². The highest BCUT2D eigenvalue weighted by molar-refractivity contribution is 8.01. The number of ether oxygens (including phenoxy) is 3. The molecular formula is C28H32O4S. The first-order valence-corrected chi connectivity index (χ1v) is 12.4. The molecule has 0 saturated carbocycles. The summed E-state index contributed by atoms with van der Waals surface area (Å²) in [5.41, 5.74) is 3.16. The van der Waals surface area contributed by atoms with Gasteiger partial charge >= 0.3 is 0 Å². The Balaban J connectivity index is 1.68. The molecule has 0 saturated heterocycles. The fourth-order valence-corrected chi connectivity index (χ4v) is 3.65. The van der Waals surface area contributed by atoms with E-state index in [0.717, 1.165) is 16.7 Å². The maximum atomic E-state index is 11.1. The highest BCUT2D eigenvalue weighted by Gasteiger charge is 2.29. The Labute approximate surface area is 201 Å². The Kier molecular flexibility index (Phi) is 11.2. The van der Waals surface area contributed by atoms with Gasteiger partial charge in [-0.05, 0) is 34.4 Å². The number of hydrogen-bond donors (Lipinski definition) is 1. The molecular weight excluding hydrogens is 432 g/mol. The van der Waals surface area contributed by atoms with Crippen molar-refractivity contribution >= 4 is 11.8 Å². The molecule has 33 heavy (non-hydrogen) atoms. The smallest absolute Gasteiger partial charge is 0.116 e. The van der Waals surface area contributed by atoms with Gasteiger partial charge in [0.1, 0.15) is 18.3 Å². The molecule has 174 valence electrons. The van der Waals surface area contributed by atoms with Gasteiger partial charge in [0.05, 0.1) is 26.4 Å². The molecule has 1 N–H and O–H groups in total. The zero-order valence-electron chi connectivity index (χ0n) is 19.0. The van der Waals surface area contributed by atoms with E-state index in [9.17, 15) is 5.11 Å². The molecule has 3 aromatic carbocycles. The van der Waals surface area contributed by atoms with Crippen molar-refractivity contribution in [2.45, 2.75) is 38.1 Å². The van der Waals surface area contributed by atoms with Gasteiger partial charge in [-0.2, -0.15) is 0 Å². The fraction of sp³-hybridized carbons (Fsp3) is 0.286. The second-order valence-corrected chi connectivity index (χ2v) is 8.40. The van der Waals surface area contributed by atoms with Crippen LogP contribution in [0.2, 0.25) is 0 Å². The molecule has 0 fully saturated rings. The number of aliphatic hydroxyl groups excluding tert-OH is 1. The van der Waals surface area contributed by atoms with Gasteiger partial charge in [0.2, 0.25) is 0 Å². The number of aliphatic hydroxyl groups is 1. The SMILES string of the molecule is CS/C=C/[C@@H](OCc1ccccc1)[C@H](OCc1ccccc1)[C@H](O)COCc1ccccc1. The van der Waals surface area contributed by atoms with Crippen LogP contribution in [0.1, 0.15) is 16.7 Å². The van der Waals surface area contributed by atoms with E-state index in [1.165, 1.54) is 0 Å². The highest BCUT2D eigenvalue weighted by Crippen LogP contribution is 2.18. The van der Waals surface area contributed by atoms with Gasteiger partial charge in [0.15, 0.2) is 0 Å². The Hall–Kier alpha value is -2.41. The van der Waals surface area contributed by atoms with Crippen molar-refractivity contribution in [1.29, 1.82) is 0 Å². The first-order chi connectivity index (χ1) is 16.3. The zero-order chi connectivity index (χ0) is 23.1. The van der Waals surface area contributed by atoms with Crippen molar-refractivity contribution in [1.82, 2.24) is 0 Å². The average molecular weight is 465 g/mol. The van der Waals surface area contributed by atoms with Crippen LogP contribution in [-0.4, -0.2) is 36.3 Å². The third-order valence-electron chi connectivity index (χ3n) is 5.08. The summed E-state index contributed by atoms with van der Waals surface area (Å²) in [4.78, 5) is 0. The molecule has 0 aliphatic heterocycles. The third kappa shape index (κ3) is 9.16. The van der Waals surface area contributed by atoms with Crippen LogP contribution in [0.3, 0.4) is 0 Å². The van der Waals surface area contributed by atoms with E-state index in [1.807, 2.05) is 109 Å². The van der Waals surface area contributed by atoms with Crippen LogP contribution in [0.4, 0.5) is 0 Å². The summed E-state index contributed by atoms with van der Waals surface area (Å²) in [5.74, 6) is 0. The molecule has 0 aliphatic rings. The van der Waals surface area contributed by atoms with Crippen LogP contribution in [0.15, 0.2) is 102 Å². The molecule has 0 spiro atoms. The molecule has 3 rings (SSSR count). The summed E-state index contributed by atoms with van der Waals surface area (Å²) in [6, 6.07) is 29.9. The van der Waals surface area contributed by atoms with Gasteiger partial charge in [0.25, 0.3) is 0 Å². The average Bonchev–Trinajstić information content (AvgIpc) is 2.87. The summed E-state index contributed by atoms with van der Waals surface area (Å²) in [7, 11) is 0. The first kappa shape index (κ1) is 25.2. The fourth-order valence-electron chi connectivity index (χ4n) is 3.34. The molecule has 3 aromatic rings. The predicted molar refractivity (Wildman–Crippen MR) is 135 cm³/mol. The lowest BCUT2D eigenvalue weighted by atomic mass is 10.1. The van der Waals surface area contributed by atoms with Crippen molar-refractivity contribution in [2.24, 2.45) is 0 Å². The Morgan fingerprint density at radius 1 is 0.727 bits per heavy atom. The Morgan fingerprint density at radius 2 is 1.21 bits per heavy atom. The second-order valence-electron chi connectivity index (χ2n) is 7.65. The summed E-state index contributed by atoms with van der Waals surface area (Å²) in [5, 5.41) is 13.0. The van der Waals surface area contributed by atoms with E-state index in [4.69, 9.17) is 14.2 Å². The van der Waals surface area contributed by atoms with Crippen LogP contribution in [0.25, 0.3) is 0 Å². The standard InChI is InChI=1S/C28H32O4S/c1-33-18-17-27(31-20-24-13-7-3-8-14-24)28(32-21-25-15-9-4-10-16-25)26(29)22-30-19-23-11-5-2-6-12-23/h2-18,26-29H,19-22H2,1H3/b18-17+/t26-,27-,28-/m1/s1. The number of benzene rings is 3. The summed E-state index contributed by atoms with van der Waals surface area (Å²) >= 11 is 1.58. The van der Waals surface area contributed by atoms with Crippen LogP contribution in [0.5, 0.6) is 0 Å². The minimum absolute atomic E-state index is 0.145. The lowest BCUT2D eigenvalue weighted by molar-refractivity contribution is -0.133. The number of hydrogen-bond acceptors (Lipinski definition) is 5. The van der Waals surface area contributed by atoms with Crippen LogP contribution < -0.4 is 0 Å². The molecule has 0 heterocycles. The van der Waals surface area contributed by atoms with E-state index in [2.05, 4.69) is 0 Å². The van der Waals surface area contributed by atoms with Crippen molar-refractivity contribution in [3.8, 4) is 0 Å². The molecule has 0 amide bonds. The molecule has 3 atom stereocenters. The molecule has 0 unspecified atom stereocenters. The van der Waals surface area contributed by atoms with Gasteiger partial charge in [-0.15, -0.1) is 11.8 Å². The molecule has 0 bridgehead atoms.